The van der Waals surface area contributed by atoms with Crippen LogP contribution in [0.25, 0.3) is 0 Å². The Kier molecular flexibility index (Phi) is 7.54. The maximum Gasteiger partial charge on any atom is 0.243 e. The molecule has 1 aromatic carbocycles. The monoisotopic (exact) mass is 423 g/mol. The number of hydrogen-bond acceptors (Lipinski definition) is 5. The first kappa shape index (κ1) is 21.2. The number of halogens is 2. The Bertz CT molecular complexity index is 739. The number of ether oxygens (including phenoxy) is 1. The number of carbonyl (C=O) groups is 1. The highest BCUT2D eigenvalue weighted by molar-refractivity contribution is 7.92. The minimum Gasteiger partial charge on any atom is -0.379 e. The van der Waals surface area contributed by atoms with Crippen molar-refractivity contribution in [2.45, 2.75) is 13.0 Å². The molecule has 1 amide bonds. The lowest BCUT2D eigenvalue weighted by atomic mass is 10.2. The summed E-state index contributed by atoms with van der Waals surface area (Å²) in [5.74, 6) is -0.380. The summed E-state index contributed by atoms with van der Waals surface area (Å²) in [5, 5.41) is 3.32. The highest BCUT2D eigenvalue weighted by atomic mass is 35.5. The highest BCUT2D eigenvalue weighted by Crippen LogP contribution is 2.29. The Hall–Kier alpha value is -1.06. The largest absolute Gasteiger partial charge is 0.379 e. The number of nitrogens with zero attached hydrogens (tertiary/aromatic N) is 2. The van der Waals surface area contributed by atoms with Gasteiger partial charge in [0, 0.05) is 26.2 Å². The lowest BCUT2D eigenvalue weighted by Crippen LogP contribution is -2.49. The second-order valence-electron chi connectivity index (χ2n) is 6.08. The third-order valence-corrected chi connectivity index (χ3v) is 6.06. The van der Waals surface area contributed by atoms with Crippen LogP contribution < -0.4 is 9.62 Å². The topological polar surface area (TPSA) is 79.0 Å². The zero-order valence-electron chi connectivity index (χ0n) is 14.7. The Morgan fingerprint density at radius 1 is 1.31 bits per heavy atom. The molecule has 10 heteroatoms. The number of benzene rings is 1. The Morgan fingerprint density at radius 3 is 2.54 bits per heavy atom. The molecule has 0 spiro atoms. The molecule has 1 fully saturated rings. The van der Waals surface area contributed by atoms with E-state index in [1.165, 1.54) is 25.1 Å². The molecule has 0 aliphatic carbocycles. The van der Waals surface area contributed by atoms with E-state index in [-0.39, 0.29) is 16.6 Å². The molecule has 1 atom stereocenters. The molecule has 1 aliphatic rings. The third kappa shape index (κ3) is 5.72. The van der Waals surface area contributed by atoms with Gasteiger partial charge in [-0.1, -0.05) is 23.2 Å². The third-order valence-electron chi connectivity index (χ3n) is 4.08. The fourth-order valence-electron chi connectivity index (χ4n) is 2.74. The van der Waals surface area contributed by atoms with Crippen LogP contribution in [0.5, 0.6) is 0 Å². The average molecular weight is 424 g/mol. The lowest BCUT2D eigenvalue weighted by molar-refractivity contribution is -0.121. The summed E-state index contributed by atoms with van der Waals surface area (Å²) in [6.45, 7) is 5.67. The van der Waals surface area contributed by atoms with Crippen LogP contribution in [0.2, 0.25) is 10.0 Å². The Balaban J connectivity index is 2.04. The van der Waals surface area contributed by atoms with Gasteiger partial charge >= 0.3 is 0 Å². The minimum atomic E-state index is -3.69. The van der Waals surface area contributed by atoms with E-state index in [9.17, 15) is 13.2 Å². The molecule has 26 heavy (non-hydrogen) atoms. The molecule has 0 radical (unpaired) electrons. The predicted molar refractivity (Wildman–Crippen MR) is 104 cm³/mol. The lowest BCUT2D eigenvalue weighted by Gasteiger charge is -2.29. The van der Waals surface area contributed by atoms with Crippen molar-refractivity contribution in [2.24, 2.45) is 0 Å². The van der Waals surface area contributed by atoms with E-state index in [2.05, 4.69) is 10.2 Å². The van der Waals surface area contributed by atoms with E-state index in [1.807, 2.05) is 0 Å². The van der Waals surface area contributed by atoms with Gasteiger partial charge in [0.1, 0.15) is 6.04 Å². The van der Waals surface area contributed by atoms with Gasteiger partial charge in [-0.05, 0) is 25.1 Å². The van der Waals surface area contributed by atoms with Crippen LogP contribution in [-0.4, -0.2) is 70.9 Å². The minimum absolute atomic E-state index is 0.220. The van der Waals surface area contributed by atoms with Crippen LogP contribution in [0.4, 0.5) is 5.69 Å². The van der Waals surface area contributed by atoms with Crippen LogP contribution in [-0.2, 0) is 19.6 Å². The van der Waals surface area contributed by atoms with E-state index in [4.69, 9.17) is 27.9 Å². The van der Waals surface area contributed by atoms with E-state index >= 15 is 0 Å². The fraction of sp³-hybridized carbons (Fsp3) is 0.562. The van der Waals surface area contributed by atoms with Crippen LogP contribution in [0, 0.1) is 0 Å². The van der Waals surface area contributed by atoms with Crippen molar-refractivity contribution in [1.29, 1.82) is 0 Å². The molecular formula is C16H23Cl2N3O4S. The number of morpholine rings is 1. The Morgan fingerprint density at radius 2 is 1.96 bits per heavy atom. The maximum atomic E-state index is 12.5. The molecule has 7 nitrogen and oxygen atoms in total. The standard InChI is InChI=1S/C16H23Cl2N3O4S/c1-12(16(22)19-5-6-20-7-9-25-10-8-20)21(26(2,23)24)13-3-4-14(17)15(18)11-13/h3-4,11-12H,5-10H2,1-2H3,(H,19,22). The van der Waals surface area contributed by atoms with E-state index in [0.29, 0.717) is 31.3 Å². The molecule has 1 N–H and O–H groups in total. The summed E-state index contributed by atoms with van der Waals surface area (Å²) < 4.78 is 30.8. The first-order chi connectivity index (χ1) is 12.2. The van der Waals surface area contributed by atoms with Crippen LogP contribution >= 0.6 is 23.2 Å². The molecule has 0 aromatic heterocycles. The molecule has 0 bridgehead atoms. The summed E-state index contributed by atoms with van der Waals surface area (Å²) in [5.41, 5.74) is 0.290. The summed E-state index contributed by atoms with van der Waals surface area (Å²) >= 11 is 11.9. The molecule has 2 rings (SSSR count). The van der Waals surface area contributed by atoms with Crippen molar-refractivity contribution in [3.8, 4) is 0 Å². The second kappa shape index (κ2) is 9.23. The molecular weight excluding hydrogens is 401 g/mol. The van der Waals surface area contributed by atoms with E-state index < -0.39 is 16.1 Å². The zero-order valence-corrected chi connectivity index (χ0v) is 17.1. The number of nitrogens with one attached hydrogen (secondary N) is 1. The number of carbonyl (C=O) groups excluding carboxylic acids is 1. The van der Waals surface area contributed by atoms with Gasteiger partial charge in [-0.25, -0.2) is 8.42 Å². The van der Waals surface area contributed by atoms with Gasteiger partial charge < -0.3 is 10.1 Å². The van der Waals surface area contributed by atoms with Crippen LogP contribution in [0.15, 0.2) is 18.2 Å². The maximum absolute atomic E-state index is 12.5. The van der Waals surface area contributed by atoms with Gasteiger partial charge in [0.05, 0.1) is 35.2 Å². The van der Waals surface area contributed by atoms with Crippen molar-refractivity contribution in [3.05, 3.63) is 28.2 Å². The van der Waals surface area contributed by atoms with E-state index in [1.54, 1.807) is 0 Å². The SMILES string of the molecule is CC(C(=O)NCCN1CCOCC1)N(c1ccc(Cl)c(Cl)c1)S(C)(=O)=O. The fourth-order valence-corrected chi connectivity index (χ4v) is 4.20. The van der Waals surface area contributed by atoms with Crippen molar-refractivity contribution in [1.82, 2.24) is 10.2 Å². The number of hydrogen-bond donors (Lipinski definition) is 1. The van der Waals surface area contributed by atoms with E-state index in [0.717, 1.165) is 23.7 Å². The average Bonchev–Trinajstić information content (AvgIpc) is 2.58. The molecule has 1 unspecified atom stereocenters. The van der Waals surface area contributed by atoms with Gasteiger partial charge in [0.2, 0.25) is 15.9 Å². The summed E-state index contributed by atoms with van der Waals surface area (Å²) in [6.07, 6.45) is 1.05. The Labute approximate surface area is 164 Å². The van der Waals surface area contributed by atoms with Crippen molar-refractivity contribution in [2.75, 3.05) is 50.0 Å². The zero-order chi connectivity index (χ0) is 19.3. The van der Waals surface area contributed by atoms with Gasteiger partial charge in [-0.15, -0.1) is 0 Å². The first-order valence-corrected chi connectivity index (χ1v) is 10.8. The number of sulfonamides is 1. The molecule has 1 heterocycles. The van der Waals surface area contributed by atoms with Crippen molar-refractivity contribution >= 4 is 44.8 Å². The van der Waals surface area contributed by atoms with Gasteiger partial charge in [0.15, 0.2) is 0 Å². The van der Waals surface area contributed by atoms with Crippen LogP contribution in [0.1, 0.15) is 6.92 Å². The molecule has 1 aromatic rings. The quantitative estimate of drug-likeness (QED) is 0.720. The number of amides is 1. The number of rotatable bonds is 7. The van der Waals surface area contributed by atoms with Gasteiger partial charge in [-0.3, -0.25) is 14.0 Å². The summed E-state index contributed by atoms with van der Waals surface area (Å²) in [7, 11) is -3.69. The highest BCUT2D eigenvalue weighted by Gasteiger charge is 2.29. The smallest absolute Gasteiger partial charge is 0.243 e. The normalized spacial score (nSPS) is 16.9. The molecule has 146 valence electrons. The second-order valence-corrected chi connectivity index (χ2v) is 8.75. The van der Waals surface area contributed by atoms with Gasteiger partial charge in [-0.2, -0.15) is 0 Å². The van der Waals surface area contributed by atoms with Crippen LogP contribution in [0.3, 0.4) is 0 Å². The van der Waals surface area contributed by atoms with Crippen molar-refractivity contribution in [3.63, 3.8) is 0 Å². The summed E-state index contributed by atoms with van der Waals surface area (Å²) in [4.78, 5) is 14.7. The summed E-state index contributed by atoms with van der Waals surface area (Å²) in [6, 6.07) is 3.53. The first-order valence-electron chi connectivity index (χ1n) is 8.22. The molecule has 1 saturated heterocycles. The predicted octanol–water partition coefficient (Wildman–Crippen LogP) is 1.60. The van der Waals surface area contributed by atoms with Crippen molar-refractivity contribution < 1.29 is 17.9 Å². The van der Waals surface area contributed by atoms with Gasteiger partial charge in [0.25, 0.3) is 0 Å². The number of anilines is 1. The molecule has 1 aliphatic heterocycles. The molecule has 0 saturated carbocycles.